The second kappa shape index (κ2) is 8.69. The number of piperidine rings is 1. The predicted molar refractivity (Wildman–Crippen MR) is 111 cm³/mol. The molecule has 0 saturated carbocycles. The van der Waals surface area contributed by atoms with Gasteiger partial charge >= 0.3 is 0 Å². The standard InChI is InChI=1S/C20H23ClFN3O3S/c1-24-11-9-15(10-12-24)23-20(26)18-13-17(7-8-19(18)21)29(27,28)25(2)16-5-3-14(22)4-6-16/h3-8,13,15H,9-12H2,1-2H3,(H,23,26). The number of carbonyl (C=O) groups is 1. The van der Waals surface area contributed by atoms with Crippen molar-refractivity contribution in [1.82, 2.24) is 10.2 Å². The number of nitrogens with one attached hydrogen (secondary N) is 1. The van der Waals surface area contributed by atoms with Crippen LogP contribution in [-0.2, 0) is 10.0 Å². The minimum atomic E-state index is -3.95. The highest BCUT2D eigenvalue weighted by Gasteiger charge is 2.25. The van der Waals surface area contributed by atoms with Gasteiger partial charge in [0.15, 0.2) is 0 Å². The topological polar surface area (TPSA) is 69.7 Å². The number of rotatable bonds is 5. The predicted octanol–water partition coefficient (Wildman–Crippen LogP) is 3.13. The summed E-state index contributed by atoms with van der Waals surface area (Å²) in [6.07, 6.45) is 1.65. The summed E-state index contributed by atoms with van der Waals surface area (Å²) in [7, 11) is -0.553. The summed E-state index contributed by atoms with van der Waals surface area (Å²) in [6, 6.07) is 9.17. The third kappa shape index (κ3) is 4.88. The van der Waals surface area contributed by atoms with Crippen LogP contribution in [0.25, 0.3) is 0 Å². The first-order valence-corrected chi connectivity index (χ1v) is 11.0. The smallest absolute Gasteiger partial charge is 0.264 e. The Labute approximate surface area is 175 Å². The molecule has 1 N–H and O–H groups in total. The van der Waals surface area contributed by atoms with Crippen molar-refractivity contribution in [3.05, 3.63) is 58.9 Å². The molecule has 156 valence electrons. The third-order valence-corrected chi connectivity index (χ3v) is 7.20. The van der Waals surface area contributed by atoms with Crippen molar-refractivity contribution in [2.75, 3.05) is 31.5 Å². The maximum Gasteiger partial charge on any atom is 0.264 e. The zero-order valence-corrected chi connectivity index (χ0v) is 17.8. The zero-order valence-electron chi connectivity index (χ0n) is 16.2. The van der Waals surface area contributed by atoms with E-state index >= 15 is 0 Å². The van der Waals surface area contributed by atoms with Crippen LogP contribution < -0.4 is 9.62 Å². The number of halogens is 2. The van der Waals surface area contributed by atoms with Crippen molar-refractivity contribution < 1.29 is 17.6 Å². The van der Waals surface area contributed by atoms with E-state index in [-0.39, 0.29) is 21.5 Å². The first-order chi connectivity index (χ1) is 13.7. The number of nitrogens with zero attached hydrogens (tertiary/aromatic N) is 2. The van der Waals surface area contributed by atoms with Gasteiger partial charge in [0.25, 0.3) is 15.9 Å². The Morgan fingerprint density at radius 1 is 1.17 bits per heavy atom. The summed E-state index contributed by atoms with van der Waals surface area (Å²) in [4.78, 5) is 14.8. The van der Waals surface area contributed by atoms with Gasteiger partial charge < -0.3 is 10.2 Å². The number of amides is 1. The van der Waals surface area contributed by atoms with Crippen LogP contribution in [0, 0.1) is 5.82 Å². The number of hydrogen-bond donors (Lipinski definition) is 1. The van der Waals surface area contributed by atoms with E-state index < -0.39 is 21.7 Å². The molecule has 0 bridgehead atoms. The van der Waals surface area contributed by atoms with Crippen LogP contribution in [0.5, 0.6) is 0 Å². The summed E-state index contributed by atoms with van der Waals surface area (Å²) in [5, 5.41) is 3.12. The van der Waals surface area contributed by atoms with Gasteiger partial charge in [0.1, 0.15) is 5.82 Å². The van der Waals surface area contributed by atoms with Crippen LogP contribution in [0.3, 0.4) is 0 Å². The van der Waals surface area contributed by atoms with Crippen LogP contribution in [-0.4, -0.2) is 52.5 Å². The minimum absolute atomic E-state index is 0.0249. The van der Waals surface area contributed by atoms with Crippen LogP contribution in [0.2, 0.25) is 5.02 Å². The van der Waals surface area contributed by atoms with E-state index in [9.17, 15) is 17.6 Å². The van der Waals surface area contributed by atoms with Gasteiger partial charge in [0.05, 0.1) is 21.2 Å². The minimum Gasteiger partial charge on any atom is -0.349 e. The lowest BCUT2D eigenvalue weighted by Crippen LogP contribution is -2.43. The van der Waals surface area contributed by atoms with Crippen molar-refractivity contribution in [3.63, 3.8) is 0 Å². The van der Waals surface area contributed by atoms with Crippen molar-refractivity contribution >= 4 is 33.2 Å². The average molecular weight is 440 g/mol. The molecule has 0 aliphatic carbocycles. The van der Waals surface area contributed by atoms with Gasteiger partial charge in [-0.1, -0.05) is 11.6 Å². The molecule has 0 aromatic heterocycles. The van der Waals surface area contributed by atoms with Gasteiger partial charge in [-0.3, -0.25) is 9.10 Å². The summed E-state index contributed by atoms with van der Waals surface area (Å²) in [5.41, 5.74) is 0.415. The van der Waals surface area contributed by atoms with Gasteiger partial charge in [-0.2, -0.15) is 0 Å². The van der Waals surface area contributed by atoms with Crippen molar-refractivity contribution in [2.45, 2.75) is 23.8 Å². The summed E-state index contributed by atoms with van der Waals surface area (Å²) in [5.74, 6) is -0.857. The van der Waals surface area contributed by atoms with Crippen LogP contribution >= 0.6 is 11.6 Å². The van der Waals surface area contributed by atoms with E-state index in [1.54, 1.807) is 0 Å². The Hall–Kier alpha value is -2.16. The van der Waals surface area contributed by atoms with E-state index in [0.29, 0.717) is 5.69 Å². The molecule has 0 unspecified atom stereocenters. The highest BCUT2D eigenvalue weighted by atomic mass is 35.5. The van der Waals surface area contributed by atoms with Crippen LogP contribution in [0.15, 0.2) is 47.4 Å². The number of carbonyl (C=O) groups excluding carboxylic acids is 1. The first-order valence-electron chi connectivity index (χ1n) is 9.22. The monoisotopic (exact) mass is 439 g/mol. The molecule has 3 rings (SSSR count). The Morgan fingerprint density at radius 3 is 2.41 bits per heavy atom. The van der Waals surface area contributed by atoms with Crippen LogP contribution in [0.4, 0.5) is 10.1 Å². The van der Waals surface area contributed by atoms with Gasteiger partial charge in [-0.15, -0.1) is 0 Å². The summed E-state index contributed by atoms with van der Waals surface area (Å²) >= 11 is 6.18. The lowest BCUT2D eigenvalue weighted by Gasteiger charge is -2.29. The van der Waals surface area contributed by atoms with Gasteiger partial charge in [-0.05, 0) is 75.4 Å². The lowest BCUT2D eigenvalue weighted by molar-refractivity contribution is 0.0917. The fourth-order valence-electron chi connectivity index (χ4n) is 3.20. The molecule has 1 aliphatic heterocycles. The molecule has 2 aromatic rings. The normalized spacial score (nSPS) is 15.9. The molecule has 6 nitrogen and oxygen atoms in total. The van der Waals surface area contributed by atoms with Crippen molar-refractivity contribution in [2.24, 2.45) is 0 Å². The second-order valence-corrected chi connectivity index (χ2v) is 9.52. The van der Waals surface area contributed by atoms with E-state index in [1.165, 1.54) is 49.5 Å². The Morgan fingerprint density at radius 2 is 1.79 bits per heavy atom. The van der Waals surface area contributed by atoms with E-state index in [4.69, 9.17) is 11.6 Å². The number of sulfonamides is 1. The molecule has 2 aromatic carbocycles. The summed E-state index contributed by atoms with van der Waals surface area (Å²) in [6.45, 7) is 1.77. The molecule has 0 spiro atoms. The SMILES string of the molecule is CN1CCC(NC(=O)c2cc(S(=O)(=O)N(C)c3ccc(F)cc3)ccc2Cl)CC1. The van der Waals surface area contributed by atoms with Gasteiger partial charge in [0.2, 0.25) is 0 Å². The fraction of sp³-hybridized carbons (Fsp3) is 0.350. The summed E-state index contributed by atoms with van der Waals surface area (Å²) < 4.78 is 40.1. The number of hydrogen-bond acceptors (Lipinski definition) is 4. The zero-order chi connectivity index (χ0) is 21.2. The van der Waals surface area contributed by atoms with E-state index in [2.05, 4.69) is 10.2 Å². The van der Waals surface area contributed by atoms with Crippen molar-refractivity contribution in [1.29, 1.82) is 0 Å². The molecule has 0 atom stereocenters. The molecule has 1 saturated heterocycles. The largest absolute Gasteiger partial charge is 0.349 e. The Balaban J connectivity index is 1.83. The highest BCUT2D eigenvalue weighted by Crippen LogP contribution is 2.26. The Bertz CT molecular complexity index is 991. The fourth-order valence-corrected chi connectivity index (χ4v) is 4.63. The maximum atomic E-state index is 13.1. The second-order valence-electron chi connectivity index (χ2n) is 7.14. The Kier molecular flexibility index (Phi) is 6.45. The number of likely N-dealkylation sites (tertiary alicyclic amines) is 1. The van der Waals surface area contributed by atoms with Gasteiger partial charge in [-0.25, -0.2) is 12.8 Å². The maximum absolute atomic E-state index is 13.1. The molecule has 1 heterocycles. The van der Waals surface area contributed by atoms with E-state index in [0.717, 1.165) is 30.2 Å². The lowest BCUT2D eigenvalue weighted by atomic mass is 10.0. The van der Waals surface area contributed by atoms with Crippen molar-refractivity contribution in [3.8, 4) is 0 Å². The molecule has 1 aliphatic rings. The highest BCUT2D eigenvalue weighted by molar-refractivity contribution is 7.92. The third-order valence-electron chi connectivity index (χ3n) is 5.08. The molecular weight excluding hydrogens is 417 g/mol. The van der Waals surface area contributed by atoms with Gasteiger partial charge in [0, 0.05) is 13.1 Å². The quantitative estimate of drug-likeness (QED) is 0.777. The molecule has 29 heavy (non-hydrogen) atoms. The van der Waals surface area contributed by atoms with Crippen LogP contribution in [0.1, 0.15) is 23.2 Å². The first kappa shape index (κ1) is 21.5. The number of anilines is 1. The number of benzene rings is 2. The molecule has 1 fully saturated rings. The van der Waals surface area contributed by atoms with E-state index in [1.807, 2.05) is 7.05 Å². The average Bonchev–Trinajstić information content (AvgIpc) is 2.70. The molecule has 9 heteroatoms. The molecular formula is C20H23ClFN3O3S. The molecule has 0 radical (unpaired) electrons. The molecule has 1 amide bonds.